The summed E-state index contributed by atoms with van der Waals surface area (Å²) in [6.07, 6.45) is -0.599. The minimum absolute atomic E-state index is 0.0441. The number of rotatable bonds is 14. The quantitative estimate of drug-likeness (QED) is 0.179. The molecule has 41 heavy (non-hydrogen) atoms. The van der Waals surface area contributed by atoms with Gasteiger partial charge >= 0.3 is 11.9 Å². The Kier molecular flexibility index (Phi) is 10.9. The molecular weight excluding hydrogens is 596 g/mol. The molecule has 5 N–H and O–H groups in total. The van der Waals surface area contributed by atoms with Crippen molar-refractivity contribution in [3.63, 3.8) is 0 Å². The van der Waals surface area contributed by atoms with Crippen molar-refractivity contribution in [3.8, 4) is 5.75 Å². The summed E-state index contributed by atoms with van der Waals surface area (Å²) >= 11 is 7.36. The van der Waals surface area contributed by atoms with Crippen LogP contribution in [0.15, 0.2) is 71.6 Å². The molecule has 1 atom stereocenters. The first-order chi connectivity index (χ1) is 19.4. The van der Waals surface area contributed by atoms with Gasteiger partial charge in [0.05, 0.1) is 23.1 Å². The fraction of sp³-hybridized carbons (Fsp3) is 0.185. The van der Waals surface area contributed by atoms with Crippen molar-refractivity contribution in [2.75, 3.05) is 5.75 Å². The van der Waals surface area contributed by atoms with Crippen LogP contribution in [0, 0.1) is 0 Å². The summed E-state index contributed by atoms with van der Waals surface area (Å²) < 4.78 is 27.5. The molecule has 0 aliphatic heterocycles. The zero-order valence-corrected chi connectivity index (χ0v) is 23.6. The number of halogens is 1. The molecule has 3 aromatic rings. The van der Waals surface area contributed by atoms with E-state index in [1.54, 1.807) is 12.1 Å². The smallest absolute Gasteiger partial charge is 0.339 e. The molecule has 0 fully saturated rings. The normalized spacial score (nSPS) is 11.9. The van der Waals surface area contributed by atoms with Gasteiger partial charge in [0.25, 0.3) is 5.91 Å². The van der Waals surface area contributed by atoms with Gasteiger partial charge in [0, 0.05) is 22.9 Å². The maximum absolute atomic E-state index is 12.7. The van der Waals surface area contributed by atoms with E-state index in [2.05, 4.69) is 10.0 Å². The van der Waals surface area contributed by atoms with Crippen LogP contribution < -0.4 is 10.0 Å². The highest BCUT2D eigenvalue weighted by atomic mass is 35.5. The van der Waals surface area contributed by atoms with Crippen LogP contribution in [0.1, 0.15) is 38.3 Å². The Hall–Kier alpha value is -3.91. The van der Waals surface area contributed by atoms with E-state index in [4.69, 9.17) is 16.7 Å². The van der Waals surface area contributed by atoms with Gasteiger partial charge in [-0.2, -0.15) is 0 Å². The van der Waals surface area contributed by atoms with Gasteiger partial charge in [0.15, 0.2) is 5.78 Å². The second kappa shape index (κ2) is 14.1. The highest BCUT2D eigenvalue weighted by molar-refractivity contribution is 7.99. The van der Waals surface area contributed by atoms with Gasteiger partial charge in [-0.05, 0) is 47.5 Å². The van der Waals surface area contributed by atoms with Gasteiger partial charge in [-0.1, -0.05) is 41.9 Å². The molecule has 0 heterocycles. The Bertz CT molecular complexity index is 1560. The van der Waals surface area contributed by atoms with Crippen LogP contribution in [0.5, 0.6) is 5.75 Å². The van der Waals surface area contributed by atoms with Crippen molar-refractivity contribution < 1.29 is 42.9 Å². The SMILES string of the molecule is O=C(O)CC(NC(=O)c1ccc(CNS(=O)(=O)c2ccc(O)c(C(=O)O)c2)cc1)C(=O)CSCc1ccccc1Cl. The molecule has 0 radical (unpaired) electrons. The molecule has 0 aromatic heterocycles. The largest absolute Gasteiger partial charge is 0.507 e. The summed E-state index contributed by atoms with van der Waals surface area (Å²) in [6.45, 7) is -0.198. The number of aliphatic carboxylic acids is 1. The van der Waals surface area contributed by atoms with E-state index in [9.17, 15) is 37.8 Å². The average molecular weight is 621 g/mol. The number of carbonyl (C=O) groups excluding carboxylic acids is 2. The zero-order chi connectivity index (χ0) is 30.2. The molecule has 0 bridgehead atoms. The van der Waals surface area contributed by atoms with Crippen LogP contribution >= 0.6 is 23.4 Å². The number of carboxylic acids is 2. The van der Waals surface area contributed by atoms with Crippen LogP contribution in [0.2, 0.25) is 5.02 Å². The summed E-state index contributed by atoms with van der Waals surface area (Å²) in [5.74, 6) is -4.09. The maximum Gasteiger partial charge on any atom is 0.339 e. The number of sulfonamides is 1. The lowest BCUT2D eigenvalue weighted by molar-refractivity contribution is -0.139. The van der Waals surface area contributed by atoms with Crippen LogP contribution in [0.4, 0.5) is 0 Å². The molecule has 0 spiro atoms. The number of hydrogen-bond donors (Lipinski definition) is 5. The summed E-state index contributed by atoms with van der Waals surface area (Å²) in [7, 11) is -4.13. The van der Waals surface area contributed by atoms with Crippen molar-refractivity contribution in [2.45, 2.75) is 29.7 Å². The Balaban J connectivity index is 1.60. The lowest BCUT2D eigenvalue weighted by atomic mass is 10.1. The second-order valence-corrected chi connectivity index (χ2v) is 11.8. The van der Waals surface area contributed by atoms with Crippen molar-refractivity contribution in [1.82, 2.24) is 10.0 Å². The molecule has 3 aromatic carbocycles. The predicted octanol–water partition coefficient (Wildman–Crippen LogP) is 3.30. The maximum atomic E-state index is 12.7. The van der Waals surface area contributed by atoms with E-state index in [1.165, 1.54) is 36.0 Å². The monoisotopic (exact) mass is 620 g/mol. The summed E-state index contributed by atoms with van der Waals surface area (Å²) in [5, 5.41) is 30.9. The van der Waals surface area contributed by atoms with Gasteiger partial charge in [0.2, 0.25) is 10.0 Å². The third-order valence-corrected chi connectivity index (χ3v) is 8.50. The Morgan fingerprint density at radius 2 is 1.63 bits per heavy atom. The number of phenols is 1. The van der Waals surface area contributed by atoms with Crippen molar-refractivity contribution >= 4 is 57.0 Å². The second-order valence-electron chi connectivity index (χ2n) is 8.68. The van der Waals surface area contributed by atoms with Gasteiger partial charge in [-0.3, -0.25) is 14.4 Å². The van der Waals surface area contributed by atoms with Crippen molar-refractivity contribution in [3.05, 3.63) is 94.0 Å². The molecule has 1 amide bonds. The molecule has 1 unspecified atom stereocenters. The topological polar surface area (TPSA) is 187 Å². The molecule has 0 aliphatic carbocycles. The molecule has 0 saturated heterocycles. The Morgan fingerprint density at radius 3 is 2.27 bits per heavy atom. The van der Waals surface area contributed by atoms with Crippen LogP contribution in [-0.2, 0) is 31.9 Å². The summed E-state index contributed by atoms with van der Waals surface area (Å²) in [4.78, 5) is 47.6. The minimum atomic E-state index is -4.13. The lowest BCUT2D eigenvalue weighted by Gasteiger charge is -2.16. The summed E-state index contributed by atoms with van der Waals surface area (Å²) in [6, 6.07) is 14.4. The van der Waals surface area contributed by atoms with E-state index >= 15 is 0 Å². The van der Waals surface area contributed by atoms with Crippen molar-refractivity contribution in [1.29, 1.82) is 0 Å². The first kappa shape index (κ1) is 31.6. The number of amides is 1. The fourth-order valence-electron chi connectivity index (χ4n) is 3.53. The molecular formula is C27H25ClN2O9S2. The average Bonchev–Trinajstić information content (AvgIpc) is 2.92. The predicted molar refractivity (Wildman–Crippen MR) is 152 cm³/mol. The third kappa shape index (κ3) is 9.05. The minimum Gasteiger partial charge on any atom is -0.507 e. The van der Waals surface area contributed by atoms with E-state index in [0.29, 0.717) is 16.3 Å². The third-order valence-electron chi connectivity index (χ3n) is 5.72. The van der Waals surface area contributed by atoms with E-state index in [0.717, 1.165) is 23.8 Å². The van der Waals surface area contributed by atoms with Gasteiger partial charge in [0.1, 0.15) is 11.3 Å². The number of nitrogens with one attached hydrogen (secondary N) is 2. The molecule has 0 saturated carbocycles. The number of carboxylic acid groups (broad SMARTS) is 2. The fourth-order valence-corrected chi connectivity index (χ4v) is 5.83. The molecule has 0 aliphatic rings. The number of aromatic carboxylic acids is 1. The first-order valence-electron chi connectivity index (χ1n) is 11.9. The van der Waals surface area contributed by atoms with Crippen LogP contribution in [0.25, 0.3) is 0 Å². The number of ketones is 1. The number of hydrogen-bond acceptors (Lipinski definition) is 8. The van der Waals surface area contributed by atoms with E-state index in [-0.39, 0.29) is 22.8 Å². The van der Waals surface area contributed by atoms with Crippen LogP contribution in [0.3, 0.4) is 0 Å². The highest BCUT2D eigenvalue weighted by Gasteiger charge is 2.24. The first-order valence-corrected chi connectivity index (χ1v) is 14.9. The standard InChI is InChI=1S/C27H25ClN2O9S2/c28-21-4-2-1-3-18(21)14-40-15-24(32)22(12-25(33)34)30-26(35)17-7-5-16(6-8-17)13-29-41(38,39)19-9-10-23(31)20(11-19)27(36)37/h1-11,22,29,31H,12-15H2,(H,30,35)(H,33,34)(H,36,37). The number of benzene rings is 3. The number of thioether (sulfide) groups is 1. The molecule has 14 heteroatoms. The molecule has 3 rings (SSSR count). The van der Waals surface area contributed by atoms with Crippen LogP contribution in [-0.4, -0.2) is 59.2 Å². The lowest BCUT2D eigenvalue weighted by Crippen LogP contribution is -2.43. The zero-order valence-electron chi connectivity index (χ0n) is 21.2. The Labute approximate surface area is 244 Å². The van der Waals surface area contributed by atoms with Crippen molar-refractivity contribution in [2.24, 2.45) is 0 Å². The van der Waals surface area contributed by atoms with Gasteiger partial charge in [-0.25, -0.2) is 17.9 Å². The number of carbonyl (C=O) groups is 4. The van der Waals surface area contributed by atoms with Gasteiger partial charge in [-0.15, -0.1) is 11.8 Å². The summed E-state index contributed by atoms with van der Waals surface area (Å²) in [5.41, 5.74) is 0.827. The van der Waals surface area contributed by atoms with Gasteiger partial charge < -0.3 is 20.6 Å². The Morgan fingerprint density at radius 1 is 0.951 bits per heavy atom. The van der Waals surface area contributed by atoms with E-state index < -0.39 is 57.4 Å². The van der Waals surface area contributed by atoms with E-state index in [1.807, 2.05) is 12.1 Å². The number of aromatic hydroxyl groups is 1. The molecule has 11 nitrogen and oxygen atoms in total. The molecule has 216 valence electrons. The number of Topliss-reactive ketones (excluding diaryl/α,β-unsaturated/α-hetero) is 1. The highest BCUT2D eigenvalue weighted by Crippen LogP contribution is 2.22.